The van der Waals surface area contributed by atoms with Crippen LogP contribution < -0.4 is 10.6 Å². The van der Waals surface area contributed by atoms with E-state index in [-0.39, 0.29) is 16.8 Å². The van der Waals surface area contributed by atoms with Gasteiger partial charge in [-0.1, -0.05) is 36.4 Å². The van der Waals surface area contributed by atoms with Gasteiger partial charge in [0.25, 0.3) is 0 Å². The van der Waals surface area contributed by atoms with E-state index in [4.69, 9.17) is 15.9 Å². The van der Waals surface area contributed by atoms with E-state index < -0.39 is 16.1 Å². The summed E-state index contributed by atoms with van der Waals surface area (Å²) in [7, 11) is -0.215. The smallest absolute Gasteiger partial charge is 0.414 e. The van der Waals surface area contributed by atoms with E-state index in [1.807, 2.05) is 42.3 Å². The molecule has 0 aliphatic carbocycles. The van der Waals surface area contributed by atoms with Gasteiger partial charge in [0, 0.05) is 43.3 Å². The molecule has 35 heavy (non-hydrogen) atoms. The maximum Gasteiger partial charge on any atom is 0.414 e. The number of nitrogen functional groups attached to an aromatic ring is 1. The summed E-state index contributed by atoms with van der Waals surface area (Å²) in [5, 5.41) is 9.06. The van der Waals surface area contributed by atoms with Crippen LogP contribution >= 0.6 is 0 Å². The molecular formula is C25H29N5O4S. The third-order valence-corrected chi connectivity index (χ3v) is 8.03. The maximum atomic E-state index is 13.2. The number of rotatable bonds is 9. The highest BCUT2D eigenvalue weighted by atomic mass is 32.2. The number of hydrogen-bond acceptors (Lipinski definition) is 6. The number of hydrogen-bond donors (Lipinski definition) is 2. The molecule has 184 valence electrons. The van der Waals surface area contributed by atoms with Gasteiger partial charge in [0.2, 0.25) is 10.0 Å². The van der Waals surface area contributed by atoms with E-state index >= 15 is 0 Å². The molecule has 3 aromatic carbocycles. The number of amides is 1. The zero-order chi connectivity index (χ0) is 25.2. The Labute approximate surface area is 205 Å². The summed E-state index contributed by atoms with van der Waals surface area (Å²) in [6.07, 6.45) is -0.783. The van der Waals surface area contributed by atoms with Gasteiger partial charge in [0.1, 0.15) is 11.9 Å². The Morgan fingerprint density at radius 2 is 1.74 bits per heavy atom. The summed E-state index contributed by atoms with van der Waals surface area (Å²) >= 11 is 0. The fraction of sp³-hybridized carbons (Fsp3) is 0.280. The molecule has 1 saturated heterocycles. The van der Waals surface area contributed by atoms with Crippen LogP contribution in [0.15, 0.2) is 71.6 Å². The summed E-state index contributed by atoms with van der Waals surface area (Å²) in [5.74, 6) is -0.0347. The molecule has 3 N–H and O–H groups in total. The largest absolute Gasteiger partial charge is 0.443 e. The fourth-order valence-electron chi connectivity index (χ4n) is 4.11. The van der Waals surface area contributed by atoms with Crippen LogP contribution in [0.5, 0.6) is 0 Å². The number of nitrogens with zero attached hydrogens (tertiary/aromatic N) is 3. The Balaban J connectivity index is 1.34. The first kappa shape index (κ1) is 24.6. The van der Waals surface area contributed by atoms with Crippen molar-refractivity contribution < 1.29 is 17.9 Å². The Hall–Kier alpha value is -3.47. The molecule has 3 aromatic rings. The summed E-state index contributed by atoms with van der Waals surface area (Å²) in [5.41, 5.74) is 6.74. The highest BCUT2D eigenvalue weighted by Gasteiger charge is 2.33. The number of benzene rings is 3. The summed E-state index contributed by atoms with van der Waals surface area (Å²) in [6, 6.07) is 19.6. The van der Waals surface area contributed by atoms with Gasteiger partial charge in [-0.25, -0.2) is 13.2 Å². The van der Waals surface area contributed by atoms with Gasteiger partial charge in [-0.3, -0.25) is 10.3 Å². The van der Waals surface area contributed by atoms with Gasteiger partial charge in [-0.15, -0.1) is 0 Å². The van der Waals surface area contributed by atoms with Crippen LogP contribution in [-0.4, -0.2) is 75.9 Å². The average Bonchev–Trinajstić information content (AvgIpc) is 3.21. The molecule has 1 aliphatic rings. The fourth-order valence-corrected chi connectivity index (χ4v) is 5.48. The number of ether oxygens (including phenoxy) is 1. The molecule has 0 aromatic heterocycles. The van der Waals surface area contributed by atoms with E-state index in [9.17, 15) is 13.2 Å². The van der Waals surface area contributed by atoms with Crippen LogP contribution in [-0.2, 0) is 14.8 Å². The summed E-state index contributed by atoms with van der Waals surface area (Å²) in [6.45, 7) is 1.61. The topological polar surface area (TPSA) is 120 Å². The van der Waals surface area contributed by atoms with Crippen LogP contribution in [0.2, 0.25) is 0 Å². The molecule has 1 atom stereocenters. The number of nitrogens with two attached hydrogens (primary N) is 1. The monoisotopic (exact) mass is 495 g/mol. The van der Waals surface area contributed by atoms with Crippen molar-refractivity contribution in [3.63, 3.8) is 0 Å². The second-order valence-electron chi connectivity index (χ2n) is 8.64. The third-order valence-electron chi connectivity index (χ3n) is 6.11. The van der Waals surface area contributed by atoms with Crippen molar-refractivity contribution in [1.29, 1.82) is 5.41 Å². The van der Waals surface area contributed by atoms with E-state index in [0.29, 0.717) is 42.8 Å². The minimum absolute atomic E-state index is 0.0347. The average molecular weight is 496 g/mol. The van der Waals surface area contributed by atoms with Crippen molar-refractivity contribution >= 4 is 38.4 Å². The summed E-state index contributed by atoms with van der Waals surface area (Å²) in [4.78, 5) is 16.2. The number of anilines is 1. The minimum atomic E-state index is -3.66. The lowest BCUT2D eigenvalue weighted by Gasteiger charge is -2.24. The molecule has 0 bridgehead atoms. The minimum Gasteiger partial charge on any atom is -0.443 e. The molecule has 1 fully saturated rings. The Morgan fingerprint density at radius 3 is 2.46 bits per heavy atom. The number of cyclic esters (lactones) is 1. The first-order chi connectivity index (χ1) is 16.7. The number of fused-ring (bicyclic) bond motifs is 1. The number of likely N-dealkylation sites (N-methyl/N-ethyl adjacent to an activating group) is 2. The second-order valence-corrected chi connectivity index (χ2v) is 10.7. The SMILES string of the molecule is CN(CCN(C)S(=O)(=O)c1cccc2ccccc12)CC1CN(c2ccc(C(=N)N)cc2)C(=O)O1. The predicted molar refractivity (Wildman–Crippen MR) is 136 cm³/mol. The lowest BCUT2D eigenvalue weighted by atomic mass is 10.1. The standard InChI is InChI=1S/C25H29N5O4S/c1-28(16-21-17-30(25(31)34-21)20-12-10-19(11-13-20)24(26)27)14-15-29(2)35(32,33)23-9-5-7-18-6-3-4-8-22(18)23/h3-13,21H,14-17H2,1-2H3,(H3,26,27). The van der Waals surface area contributed by atoms with Crippen LogP contribution in [0, 0.1) is 5.41 Å². The Bertz CT molecular complexity index is 1340. The quantitative estimate of drug-likeness (QED) is 0.348. The zero-order valence-corrected chi connectivity index (χ0v) is 20.5. The van der Waals surface area contributed by atoms with Crippen LogP contribution in [0.3, 0.4) is 0 Å². The van der Waals surface area contributed by atoms with Crippen molar-refractivity contribution in [2.45, 2.75) is 11.0 Å². The lowest BCUT2D eigenvalue weighted by Crippen LogP contribution is -2.38. The number of nitrogens with one attached hydrogen (secondary N) is 1. The van der Waals surface area contributed by atoms with Crippen molar-refractivity contribution in [3.05, 3.63) is 72.3 Å². The van der Waals surface area contributed by atoms with E-state index in [0.717, 1.165) is 5.39 Å². The molecule has 1 heterocycles. The highest BCUT2D eigenvalue weighted by molar-refractivity contribution is 7.89. The van der Waals surface area contributed by atoms with Crippen molar-refractivity contribution in [2.24, 2.45) is 5.73 Å². The van der Waals surface area contributed by atoms with Crippen molar-refractivity contribution in [2.75, 3.05) is 45.2 Å². The lowest BCUT2D eigenvalue weighted by molar-refractivity contribution is 0.116. The van der Waals surface area contributed by atoms with Crippen molar-refractivity contribution in [1.82, 2.24) is 9.21 Å². The van der Waals surface area contributed by atoms with E-state index in [2.05, 4.69) is 0 Å². The molecule has 1 unspecified atom stereocenters. The summed E-state index contributed by atoms with van der Waals surface area (Å²) < 4.78 is 33.3. The predicted octanol–water partition coefficient (Wildman–Crippen LogP) is 2.70. The van der Waals surface area contributed by atoms with Gasteiger partial charge >= 0.3 is 6.09 Å². The van der Waals surface area contributed by atoms with Gasteiger partial charge in [-0.2, -0.15) is 4.31 Å². The molecule has 1 amide bonds. The van der Waals surface area contributed by atoms with Crippen molar-refractivity contribution in [3.8, 4) is 0 Å². The molecular weight excluding hydrogens is 466 g/mol. The Morgan fingerprint density at radius 1 is 1.06 bits per heavy atom. The van der Waals surface area contributed by atoms with Crippen LogP contribution in [0.25, 0.3) is 10.8 Å². The molecule has 0 spiro atoms. The molecule has 9 nitrogen and oxygen atoms in total. The van der Waals surface area contributed by atoms with Gasteiger partial charge in [0.15, 0.2) is 0 Å². The second kappa shape index (κ2) is 10.0. The molecule has 1 aliphatic heterocycles. The number of sulfonamides is 1. The molecule has 4 rings (SSSR count). The zero-order valence-electron chi connectivity index (χ0n) is 19.7. The third kappa shape index (κ3) is 5.29. The number of carbonyl (C=O) groups is 1. The molecule has 0 saturated carbocycles. The molecule has 0 radical (unpaired) electrons. The van der Waals surface area contributed by atoms with Gasteiger partial charge in [0.05, 0.1) is 11.4 Å². The van der Waals surface area contributed by atoms with E-state index in [1.54, 1.807) is 48.3 Å². The van der Waals surface area contributed by atoms with E-state index in [1.165, 1.54) is 4.31 Å². The molecule has 10 heteroatoms. The Kier molecular flexibility index (Phi) is 7.06. The van der Waals surface area contributed by atoms with Crippen LogP contribution in [0.1, 0.15) is 5.56 Å². The first-order valence-electron chi connectivity index (χ1n) is 11.2. The first-order valence-corrected chi connectivity index (χ1v) is 12.7. The van der Waals surface area contributed by atoms with Gasteiger partial charge < -0.3 is 15.4 Å². The highest BCUT2D eigenvalue weighted by Crippen LogP contribution is 2.25. The van der Waals surface area contributed by atoms with Gasteiger partial charge in [-0.05, 0) is 42.8 Å². The maximum absolute atomic E-state index is 13.2. The normalized spacial score (nSPS) is 16.3. The number of carbonyl (C=O) groups excluding carboxylic acids is 1. The van der Waals surface area contributed by atoms with Crippen LogP contribution in [0.4, 0.5) is 10.5 Å². The number of amidine groups is 1.